The number of hydrogen-bond donors (Lipinski definition) is 0. The highest BCUT2D eigenvalue weighted by Crippen LogP contribution is 2.30. The SMILES string of the molecule is O=C([O-])C1CC(F)C(F)CC1F. The van der Waals surface area contributed by atoms with Gasteiger partial charge in [0.15, 0.2) is 0 Å². The number of carbonyl (C=O) groups is 1. The van der Waals surface area contributed by atoms with Crippen molar-refractivity contribution >= 4 is 5.97 Å². The van der Waals surface area contributed by atoms with E-state index in [4.69, 9.17) is 0 Å². The number of hydrogen-bond acceptors (Lipinski definition) is 2. The van der Waals surface area contributed by atoms with Crippen LogP contribution in [0.3, 0.4) is 0 Å². The molecule has 5 heteroatoms. The fourth-order valence-electron chi connectivity index (χ4n) is 1.31. The van der Waals surface area contributed by atoms with Crippen molar-refractivity contribution in [1.82, 2.24) is 0 Å². The Bertz CT molecular complexity index is 185. The monoisotopic (exact) mass is 181 g/mol. The number of rotatable bonds is 1. The first-order valence-corrected chi connectivity index (χ1v) is 3.65. The van der Waals surface area contributed by atoms with Crippen LogP contribution in [0.4, 0.5) is 13.2 Å². The van der Waals surface area contributed by atoms with Crippen LogP contribution in [-0.4, -0.2) is 24.5 Å². The van der Waals surface area contributed by atoms with Crippen LogP contribution < -0.4 is 5.11 Å². The van der Waals surface area contributed by atoms with Crippen molar-refractivity contribution in [2.75, 3.05) is 0 Å². The summed E-state index contributed by atoms with van der Waals surface area (Å²) in [6.07, 6.45) is -6.88. The molecule has 0 heterocycles. The molecule has 1 rings (SSSR count). The van der Waals surface area contributed by atoms with E-state index in [9.17, 15) is 23.1 Å². The zero-order valence-corrected chi connectivity index (χ0v) is 6.17. The average molecular weight is 181 g/mol. The first-order chi connectivity index (χ1) is 5.52. The molecule has 1 saturated carbocycles. The Labute approximate surface area is 67.4 Å². The highest BCUT2D eigenvalue weighted by Gasteiger charge is 2.38. The molecule has 0 aromatic heterocycles. The van der Waals surface area contributed by atoms with Gasteiger partial charge >= 0.3 is 0 Å². The second-order valence-corrected chi connectivity index (χ2v) is 2.94. The average Bonchev–Trinajstić information content (AvgIpc) is 1.96. The third-order valence-electron chi connectivity index (χ3n) is 2.06. The van der Waals surface area contributed by atoms with Crippen LogP contribution in [0.1, 0.15) is 12.8 Å². The van der Waals surface area contributed by atoms with Crippen LogP contribution in [0.15, 0.2) is 0 Å². The van der Waals surface area contributed by atoms with Gasteiger partial charge in [0.1, 0.15) is 18.5 Å². The van der Waals surface area contributed by atoms with Gasteiger partial charge in [-0.2, -0.15) is 0 Å². The molecule has 0 aromatic rings. The van der Waals surface area contributed by atoms with Crippen LogP contribution in [0.25, 0.3) is 0 Å². The van der Waals surface area contributed by atoms with E-state index in [1.54, 1.807) is 0 Å². The third kappa shape index (κ3) is 1.70. The lowest BCUT2D eigenvalue weighted by Crippen LogP contribution is -2.45. The van der Waals surface area contributed by atoms with Crippen molar-refractivity contribution < 1.29 is 23.1 Å². The quantitative estimate of drug-likeness (QED) is 0.578. The van der Waals surface area contributed by atoms with Crippen LogP contribution >= 0.6 is 0 Å². The van der Waals surface area contributed by atoms with E-state index in [-0.39, 0.29) is 0 Å². The second kappa shape index (κ2) is 3.33. The van der Waals surface area contributed by atoms with Crippen LogP contribution in [0, 0.1) is 5.92 Å². The van der Waals surface area contributed by atoms with Crippen molar-refractivity contribution in [2.45, 2.75) is 31.4 Å². The largest absolute Gasteiger partial charge is 0.550 e. The Balaban J connectivity index is 2.61. The minimum Gasteiger partial charge on any atom is -0.550 e. The Morgan fingerprint density at radius 1 is 1.08 bits per heavy atom. The summed E-state index contributed by atoms with van der Waals surface area (Å²) < 4.78 is 37.7. The highest BCUT2D eigenvalue weighted by molar-refractivity contribution is 5.68. The van der Waals surface area contributed by atoms with Gasteiger partial charge in [-0.1, -0.05) is 0 Å². The molecule has 1 aliphatic rings. The molecule has 4 atom stereocenters. The molecule has 0 saturated heterocycles. The molecule has 0 amide bonds. The summed E-state index contributed by atoms with van der Waals surface area (Å²) in [4.78, 5) is 10.2. The van der Waals surface area contributed by atoms with Gasteiger partial charge in [-0.15, -0.1) is 0 Å². The Kier molecular flexibility index (Phi) is 2.59. The molecular formula is C7H8F3O2-. The molecule has 0 radical (unpaired) electrons. The fourth-order valence-corrected chi connectivity index (χ4v) is 1.31. The molecule has 0 aliphatic heterocycles. The van der Waals surface area contributed by atoms with Crippen molar-refractivity contribution in [2.24, 2.45) is 5.92 Å². The fraction of sp³-hybridized carbons (Fsp3) is 0.857. The van der Waals surface area contributed by atoms with Crippen LogP contribution in [-0.2, 0) is 4.79 Å². The summed E-state index contributed by atoms with van der Waals surface area (Å²) in [7, 11) is 0. The van der Waals surface area contributed by atoms with E-state index in [0.717, 1.165) is 0 Å². The minimum atomic E-state index is -1.88. The standard InChI is InChI=1S/C7H9F3O2/c8-4-2-6(10)5(9)1-3(4)7(11)12/h3-6H,1-2H2,(H,11,12)/p-1. The first kappa shape index (κ1) is 9.35. The van der Waals surface area contributed by atoms with Crippen molar-refractivity contribution in [3.05, 3.63) is 0 Å². The predicted octanol–water partition coefficient (Wildman–Crippen LogP) is 0.161. The molecule has 70 valence electrons. The summed E-state index contributed by atoms with van der Waals surface area (Å²) in [5, 5.41) is 10.2. The summed E-state index contributed by atoms with van der Waals surface area (Å²) >= 11 is 0. The van der Waals surface area contributed by atoms with Crippen molar-refractivity contribution in [1.29, 1.82) is 0 Å². The molecule has 0 spiro atoms. The van der Waals surface area contributed by atoms with Gasteiger partial charge in [-0.25, -0.2) is 13.2 Å². The van der Waals surface area contributed by atoms with Gasteiger partial charge < -0.3 is 9.90 Å². The molecule has 2 nitrogen and oxygen atoms in total. The maximum Gasteiger partial charge on any atom is 0.134 e. The Hall–Kier alpha value is -0.740. The third-order valence-corrected chi connectivity index (χ3v) is 2.06. The van der Waals surface area contributed by atoms with Crippen molar-refractivity contribution in [3.63, 3.8) is 0 Å². The smallest absolute Gasteiger partial charge is 0.134 e. The number of aliphatic carboxylic acids is 1. The van der Waals surface area contributed by atoms with Gasteiger partial charge in [0.25, 0.3) is 0 Å². The molecule has 0 N–H and O–H groups in total. The summed E-state index contributed by atoms with van der Waals surface area (Å²) in [6, 6.07) is 0. The number of halogens is 3. The number of carboxylic acids is 1. The zero-order valence-electron chi connectivity index (χ0n) is 6.17. The van der Waals surface area contributed by atoms with Crippen LogP contribution in [0.5, 0.6) is 0 Å². The van der Waals surface area contributed by atoms with Crippen molar-refractivity contribution in [3.8, 4) is 0 Å². The number of carboxylic acid groups (broad SMARTS) is 1. The molecule has 12 heavy (non-hydrogen) atoms. The molecule has 1 fully saturated rings. The number of alkyl halides is 3. The highest BCUT2D eigenvalue weighted by atomic mass is 19.2. The molecule has 4 unspecified atom stereocenters. The Morgan fingerprint density at radius 2 is 1.58 bits per heavy atom. The topological polar surface area (TPSA) is 40.1 Å². The predicted molar refractivity (Wildman–Crippen MR) is 32.4 cm³/mol. The van der Waals surface area contributed by atoms with Gasteiger partial charge in [0.2, 0.25) is 0 Å². The zero-order chi connectivity index (χ0) is 9.30. The molecule has 0 bridgehead atoms. The van der Waals surface area contributed by atoms with Crippen LogP contribution in [0.2, 0.25) is 0 Å². The lowest BCUT2D eigenvalue weighted by Gasteiger charge is -2.30. The van der Waals surface area contributed by atoms with E-state index in [2.05, 4.69) is 0 Å². The first-order valence-electron chi connectivity index (χ1n) is 3.65. The van der Waals surface area contributed by atoms with E-state index in [0.29, 0.717) is 0 Å². The molecular weight excluding hydrogens is 173 g/mol. The molecule has 0 aromatic carbocycles. The van der Waals surface area contributed by atoms with E-state index in [1.165, 1.54) is 0 Å². The summed E-state index contributed by atoms with van der Waals surface area (Å²) in [5.41, 5.74) is 0. The lowest BCUT2D eigenvalue weighted by atomic mass is 9.85. The van der Waals surface area contributed by atoms with E-state index in [1.807, 2.05) is 0 Å². The van der Waals surface area contributed by atoms with Gasteiger partial charge in [0, 0.05) is 18.3 Å². The lowest BCUT2D eigenvalue weighted by molar-refractivity contribution is -0.315. The number of carbonyl (C=O) groups excluding carboxylic acids is 1. The summed E-state index contributed by atoms with van der Waals surface area (Å²) in [6.45, 7) is 0. The minimum absolute atomic E-state index is 0.620. The normalized spacial score (nSPS) is 42.6. The maximum absolute atomic E-state index is 12.7. The van der Waals surface area contributed by atoms with E-state index >= 15 is 0 Å². The summed E-state index contributed by atoms with van der Waals surface area (Å²) in [5.74, 6) is -3.14. The van der Waals surface area contributed by atoms with Gasteiger partial charge in [-0.3, -0.25) is 0 Å². The second-order valence-electron chi connectivity index (χ2n) is 2.94. The van der Waals surface area contributed by atoms with Gasteiger partial charge in [0.05, 0.1) is 0 Å². The maximum atomic E-state index is 12.7. The molecule has 1 aliphatic carbocycles. The Morgan fingerprint density at radius 3 is 2.08 bits per heavy atom. The van der Waals surface area contributed by atoms with E-state index < -0.39 is 43.2 Å². The van der Waals surface area contributed by atoms with Gasteiger partial charge in [-0.05, 0) is 6.42 Å².